The van der Waals surface area contributed by atoms with Crippen LogP contribution in [0.3, 0.4) is 0 Å². The van der Waals surface area contributed by atoms with Crippen molar-refractivity contribution in [2.24, 2.45) is 17.6 Å². The van der Waals surface area contributed by atoms with Gasteiger partial charge in [-0.1, -0.05) is 38.8 Å². The lowest BCUT2D eigenvalue weighted by molar-refractivity contribution is 0.0889. The molecule has 1 amide bonds. The van der Waals surface area contributed by atoms with Crippen molar-refractivity contribution >= 4 is 5.91 Å². The number of hydrogen-bond acceptors (Lipinski definition) is 2. The van der Waals surface area contributed by atoms with Gasteiger partial charge in [-0.25, -0.2) is 0 Å². The van der Waals surface area contributed by atoms with Gasteiger partial charge in [-0.05, 0) is 55.3 Å². The number of nitrogens with two attached hydrogens (primary N) is 1. The Labute approximate surface area is 128 Å². The Bertz CT molecular complexity index is 453. The van der Waals surface area contributed by atoms with Crippen LogP contribution in [0.5, 0.6) is 0 Å². The molecule has 0 radical (unpaired) electrons. The Morgan fingerprint density at radius 3 is 2.52 bits per heavy atom. The summed E-state index contributed by atoms with van der Waals surface area (Å²) in [7, 11) is 0. The van der Waals surface area contributed by atoms with E-state index < -0.39 is 0 Å². The first-order chi connectivity index (χ1) is 10.1. The number of benzene rings is 1. The summed E-state index contributed by atoms with van der Waals surface area (Å²) in [5, 5.41) is 3.25. The number of carbonyl (C=O) groups excluding carboxylic acids is 1. The maximum Gasteiger partial charge on any atom is 0.251 e. The summed E-state index contributed by atoms with van der Waals surface area (Å²) in [5.41, 5.74) is 7.49. The van der Waals surface area contributed by atoms with Gasteiger partial charge in [0.2, 0.25) is 0 Å². The summed E-state index contributed by atoms with van der Waals surface area (Å²) in [5.74, 6) is 1.30. The Hall–Kier alpha value is -1.35. The lowest BCUT2D eigenvalue weighted by Crippen LogP contribution is -2.43. The van der Waals surface area contributed by atoms with Crippen LogP contribution in [0.2, 0.25) is 0 Å². The lowest BCUT2D eigenvalue weighted by Gasteiger charge is -2.34. The predicted octanol–water partition coefficient (Wildman–Crippen LogP) is 3.13. The Balaban J connectivity index is 1.99. The first kappa shape index (κ1) is 16.0. The van der Waals surface area contributed by atoms with E-state index >= 15 is 0 Å². The van der Waals surface area contributed by atoms with Crippen LogP contribution in [0.1, 0.15) is 55.5 Å². The van der Waals surface area contributed by atoms with E-state index in [1.165, 1.54) is 24.8 Å². The van der Waals surface area contributed by atoms with E-state index in [2.05, 4.69) is 19.2 Å². The molecule has 3 N–H and O–H groups in total. The summed E-state index contributed by atoms with van der Waals surface area (Å²) in [4.78, 5) is 12.4. The average Bonchev–Trinajstić information content (AvgIpc) is 2.48. The van der Waals surface area contributed by atoms with Crippen LogP contribution in [0.15, 0.2) is 24.3 Å². The zero-order valence-electron chi connectivity index (χ0n) is 13.3. The van der Waals surface area contributed by atoms with Crippen molar-refractivity contribution in [1.29, 1.82) is 0 Å². The van der Waals surface area contributed by atoms with Gasteiger partial charge in [0.1, 0.15) is 0 Å². The summed E-state index contributed by atoms with van der Waals surface area (Å²) < 4.78 is 0. The molecule has 3 nitrogen and oxygen atoms in total. The van der Waals surface area contributed by atoms with E-state index in [9.17, 15) is 4.79 Å². The molecular formula is C18H28N2O. The van der Waals surface area contributed by atoms with Gasteiger partial charge in [0.25, 0.3) is 5.91 Å². The van der Waals surface area contributed by atoms with Crippen molar-refractivity contribution in [3.05, 3.63) is 35.4 Å². The summed E-state index contributed by atoms with van der Waals surface area (Å²) in [6.45, 7) is 5.16. The van der Waals surface area contributed by atoms with E-state index in [-0.39, 0.29) is 5.91 Å². The molecule has 2 atom stereocenters. The Morgan fingerprint density at radius 1 is 1.24 bits per heavy atom. The van der Waals surface area contributed by atoms with E-state index in [0.717, 1.165) is 18.4 Å². The second-order valence-corrected chi connectivity index (χ2v) is 6.51. The van der Waals surface area contributed by atoms with Crippen LogP contribution >= 0.6 is 0 Å². The number of hydrogen-bond donors (Lipinski definition) is 2. The second kappa shape index (κ2) is 7.60. The van der Waals surface area contributed by atoms with Gasteiger partial charge < -0.3 is 11.1 Å². The van der Waals surface area contributed by atoms with Gasteiger partial charge in [-0.2, -0.15) is 0 Å². The highest BCUT2D eigenvalue weighted by atomic mass is 16.1. The standard InChI is InChI=1S/C18H28N2O/c1-13(2)16-5-3-4-6-17(16)20-18(21)15-9-7-14(8-10-15)11-12-19/h7-10,13,16-17H,3-6,11-12,19H2,1-2H3,(H,20,21). The van der Waals surface area contributed by atoms with Crippen LogP contribution in [0.4, 0.5) is 0 Å². The largest absolute Gasteiger partial charge is 0.349 e. The first-order valence-corrected chi connectivity index (χ1v) is 8.21. The van der Waals surface area contributed by atoms with Crippen molar-refractivity contribution in [1.82, 2.24) is 5.32 Å². The van der Waals surface area contributed by atoms with E-state index in [1.54, 1.807) is 0 Å². The van der Waals surface area contributed by atoms with Gasteiger partial charge >= 0.3 is 0 Å². The third-order valence-corrected chi connectivity index (χ3v) is 4.64. The fraction of sp³-hybridized carbons (Fsp3) is 0.611. The highest BCUT2D eigenvalue weighted by Crippen LogP contribution is 2.30. The molecule has 1 aliphatic rings. The smallest absolute Gasteiger partial charge is 0.251 e. The molecule has 21 heavy (non-hydrogen) atoms. The molecule has 1 aromatic carbocycles. The molecule has 0 heterocycles. The van der Waals surface area contributed by atoms with Gasteiger partial charge in [-0.15, -0.1) is 0 Å². The molecule has 0 aromatic heterocycles. The highest BCUT2D eigenvalue weighted by Gasteiger charge is 2.28. The fourth-order valence-electron chi connectivity index (χ4n) is 3.38. The molecule has 2 unspecified atom stereocenters. The number of carbonyl (C=O) groups is 1. The third-order valence-electron chi connectivity index (χ3n) is 4.64. The monoisotopic (exact) mass is 288 g/mol. The van der Waals surface area contributed by atoms with Gasteiger partial charge in [0.15, 0.2) is 0 Å². The zero-order chi connectivity index (χ0) is 15.2. The molecule has 116 valence electrons. The summed E-state index contributed by atoms with van der Waals surface area (Å²) in [6.07, 6.45) is 5.73. The molecule has 1 saturated carbocycles. The quantitative estimate of drug-likeness (QED) is 0.874. The van der Waals surface area contributed by atoms with Crippen molar-refractivity contribution in [3.8, 4) is 0 Å². The van der Waals surface area contributed by atoms with Gasteiger partial charge in [0.05, 0.1) is 0 Å². The van der Waals surface area contributed by atoms with Crippen LogP contribution in [-0.2, 0) is 6.42 Å². The molecular weight excluding hydrogens is 260 g/mol. The molecule has 0 bridgehead atoms. The van der Waals surface area contributed by atoms with Crippen molar-refractivity contribution in [3.63, 3.8) is 0 Å². The maximum absolute atomic E-state index is 12.4. The summed E-state index contributed by atoms with van der Waals surface area (Å²) >= 11 is 0. The first-order valence-electron chi connectivity index (χ1n) is 8.21. The average molecular weight is 288 g/mol. The maximum atomic E-state index is 12.4. The second-order valence-electron chi connectivity index (χ2n) is 6.51. The molecule has 1 aliphatic carbocycles. The molecule has 1 aromatic rings. The molecule has 0 aliphatic heterocycles. The highest BCUT2D eigenvalue weighted by molar-refractivity contribution is 5.94. The fourth-order valence-corrected chi connectivity index (χ4v) is 3.38. The van der Waals surface area contributed by atoms with Crippen LogP contribution in [0, 0.1) is 11.8 Å². The third kappa shape index (κ3) is 4.31. The summed E-state index contributed by atoms with van der Waals surface area (Å²) in [6, 6.07) is 8.15. The van der Waals surface area contributed by atoms with E-state index in [1.807, 2.05) is 24.3 Å². The van der Waals surface area contributed by atoms with E-state index in [0.29, 0.717) is 24.4 Å². The molecule has 2 rings (SSSR count). The molecule has 1 fully saturated rings. The van der Waals surface area contributed by atoms with Crippen molar-refractivity contribution < 1.29 is 4.79 Å². The minimum Gasteiger partial charge on any atom is -0.349 e. The van der Waals surface area contributed by atoms with E-state index in [4.69, 9.17) is 5.73 Å². The topological polar surface area (TPSA) is 55.1 Å². The Morgan fingerprint density at radius 2 is 1.90 bits per heavy atom. The lowest BCUT2D eigenvalue weighted by atomic mass is 9.78. The van der Waals surface area contributed by atoms with Crippen LogP contribution in [-0.4, -0.2) is 18.5 Å². The zero-order valence-corrected chi connectivity index (χ0v) is 13.3. The Kier molecular flexibility index (Phi) is 5.80. The number of nitrogens with one attached hydrogen (secondary N) is 1. The van der Waals surface area contributed by atoms with Crippen molar-refractivity contribution in [2.75, 3.05) is 6.54 Å². The minimum absolute atomic E-state index is 0.0619. The number of rotatable bonds is 5. The number of amides is 1. The molecule has 0 spiro atoms. The van der Waals surface area contributed by atoms with Gasteiger partial charge in [-0.3, -0.25) is 4.79 Å². The van der Waals surface area contributed by atoms with Crippen molar-refractivity contribution in [2.45, 2.75) is 52.0 Å². The predicted molar refractivity (Wildman–Crippen MR) is 87.3 cm³/mol. The minimum atomic E-state index is 0.0619. The normalized spacial score (nSPS) is 22.3. The molecule has 0 saturated heterocycles. The van der Waals surface area contributed by atoms with Crippen LogP contribution in [0.25, 0.3) is 0 Å². The van der Waals surface area contributed by atoms with Crippen LogP contribution < -0.4 is 11.1 Å². The molecule has 3 heteroatoms. The SMILES string of the molecule is CC(C)C1CCCCC1NC(=O)c1ccc(CCN)cc1. The van der Waals surface area contributed by atoms with Gasteiger partial charge in [0, 0.05) is 11.6 Å².